The van der Waals surface area contributed by atoms with Crippen molar-refractivity contribution in [1.82, 2.24) is 24.5 Å². The number of pyridine rings is 1. The van der Waals surface area contributed by atoms with Crippen LogP contribution in [0.3, 0.4) is 0 Å². The van der Waals surface area contributed by atoms with Gasteiger partial charge in [-0.2, -0.15) is 10.2 Å². The van der Waals surface area contributed by atoms with Gasteiger partial charge in [-0.3, -0.25) is 9.59 Å². The third-order valence-electron chi connectivity index (χ3n) is 4.13. The summed E-state index contributed by atoms with van der Waals surface area (Å²) in [5.41, 5.74) is 0.887. The van der Waals surface area contributed by atoms with Crippen LogP contribution >= 0.6 is 0 Å². The fourth-order valence-corrected chi connectivity index (χ4v) is 2.91. The van der Waals surface area contributed by atoms with Gasteiger partial charge in [-0.1, -0.05) is 18.2 Å². The Hall–Kier alpha value is -3.81. The van der Waals surface area contributed by atoms with E-state index in [0.717, 1.165) is 5.39 Å². The summed E-state index contributed by atoms with van der Waals surface area (Å²) in [6, 6.07) is 12.4. The number of nitrogens with one attached hydrogen (secondary N) is 1. The van der Waals surface area contributed by atoms with Crippen LogP contribution in [0.1, 0.15) is 5.69 Å². The number of fused-ring (bicyclic) bond motifs is 1. The maximum Gasteiger partial charge on any atom is 0.275 e. The van der Waals surface area contributed by atoms with Gasteiger partial charge in [0, 0.05) is 24.0 Å². The predicted octanol–water partition coefficient (Wildman–Crippen LogP) is 1.92. The molecule has 134 valence electrons. The summed E-state index contributed by atoms with van der Waals surface area (Å²) >= 11 is 0. The van der Waals surface area contributed by atoms with E-state index in [0.29, 0.717) is 22.6 Å². The lowest BCUT2D eigenvalue weighted by Gasteiger charge is -2.11. The highest BCUT2D eigenvalue weighted by Crippen LogP contribution is 2.16. The van der Waals surface area contributed by atoms with Gasteiger partial charge in [0.15, 0.2) is 5.82 Å². The maximum atomic E-state index is 12.6. The Morgan fingerprint density at radius 3 is 2.67 bits per heavy atom. The zero-order valence-corrected chi connectivity index (χ0v) is 14.5. The number of hydrogen-bond acceptors (Lipinski definition) is 5. The number of aromatic nitrogens is 5. The SMILES string of the molecule is Cc1nn(CC(=O)Nc2cccnc2-n2cccn2)c(=O)c2ccccc12. The average molecular weight is 360 g/mol. The van der Waals surface area contributed by atoms with E-state index in [4.69, 9.17) is 0 Å². The smallest absolute Gasteiger partial charge is 0.275 e. The van der Waals surface area contributed by atoms with Crippen LogP contribution in [0.15, 0.2) is 65.8 Å². The first-order valence-corrected chi connectivity index (χ1v) is 8.35. The fourth-order valence-electron chi connectivity index (χ4n) is 2.91. The summed E-state index contributed by atoms with van der Waals surface area (Å²) in [6.07, 6.45) is 4.98. The molecule has 0 saturated heterocycles. The second-order valence-corrected chi connectivity index (χ2v) is 5.97. The fraction of sp³-hybridized carbons (Fsp3) is 0.105. The van der Waals surface area contributed by atoms with Crippen LogP contribution in [0.5, 0.6) is 0 Å². The van der Waals surface area contributed by atoms with Gasteiger partial charge >= 0.3 is 0 Å². The summed E-state index contributed by atoms with van der Waals surface area (Å²) in [7, 11) is 0. The van der Waals surface area contributed by atoms with Gasteiger partial charge in [0.2, 0.25) is 5.91 Å². The normalized spacial score (nSPS) is 10.9. The van der Waals surface area contributed by atoms with Gasteiger partial charge < -0.3 is 5.32 Å². The van der Waals surface area contributed by atoms with E-state index < -0.39 is 0 Å². The molecule has 1 amide bonds. The third kappa shape index (κ3) is 3.20. The van der Waals surface area contributed by atoms with Gasteiger partial charge in [0.1, 0.15) is 6.54 Å². The molecule has 0 bridgehead atoms. The number of carbonyl (C=O) groups excluding carboxylic acids is 1. The molecule has 0 spiro atoms. The summed E-state index contributed by atoms with van der Waals surface area (Å²) in [5, 5.41) is 12.5. The van der Waals surface area contributed by atoms with Gasteiger partial charge in [-0.05, 0) is 31.2 Å². The van der Waals surface area contributed by atoms with E-state index in [-0.39, 0.29) is 18.0 Å². The molecule has 0 aliphatic carbocycles. The minimum atomic E-state index is -0.374. The Balaban J connectivity index is 1.62. The number of rotatable bonds is 4. The molecule has 8 heteroatoms. The Morgan fingerprint density at radius 1 is 1.07 bits per heavy atom. The first kappa shape index (κ1) is 16.6. The second-order valence-electron chi connectivity index (χ2n) is 5.97. The number of benzene rings is 1. The maximum absolute atomic E-state index is 12.6. The molecule has 27 heavy (non-hydrogen) atoms. The number of aryl methyl sites for hydroxylation is 1. The monoisotopic (exact) mass is 360 g/mol. The number of nitrogens with zero attached hydrogens (tertiary/aromatic N) is 5. The zero-order valence-electron chi connectivity index (χ0n) is 14.5. The highest BCUT2D eigenvalue weighted by atomic mass is 16.2. The highest BCUT2D eigenvalue weighted by molar-refractivity contribution is 5.92. The van der Waals surface area contributed by atoms with E-state index in [9.17, 15) is 9.59 Å². The van der Waals surface area contributed by atoms with Crippen LogP contribution in [0, 0.1) is 6.92 Å². The first-order chi connectivity index (χ1) is 13.1. The van der Waals surface area contributed by atoms with Crippen LogP contribution in [-0.4, -0.2) is 30.5 Å². The largest absolute Gasteiger partial charge is 0.321 e. The minimum absolute atomic E-state index is 0.196. The molecule has 0 aliphatic heterocycles. The van der Waals surface area contributed by atoms with Crippen LogP contribution in [0.4, 0.5) is 5.69 Å². The topological polar surface area (TPSA) is 94.7 Å². The highest BCUT2D eigenvalue weighted by Gasteiger charge is 2.13. The second kappa shape index (κ2) is 6.83. The van der Waals surface area contributed by atoms with Crippen molar-refractivity contribution in [2.24, 2.45) is 0 Å². The average Bonchev–Trinajstić information content (AvgIpc) is 3.21. The Bertz CT molecular complexity index is 1180. The lowest BCUT2D eigenvalue weighted by molar-refractivity contribution is -0.117. The summed E-state index contributed by atoms with van der Waals surface area (Å²) < 4.78 is 2.73. The standard InChI is InChI=1S/C19H16N6O2/c1-13-14-6-2-3-7-15(14)19(27)25(23-13)12-17(26)22-16-8-4-9-20-18(16)24-11-5-10-21-24/h2-11H,12H2,1H3,(H,22,26). The minimum Gasteiger partial charge on any atom is -0.321 e. The Labute approximate surface area is 154 Å². The van der Waals surface area contributed by atoms with Crippen molar-refractivity contribution in [3.63, 3.8) is 0 Å². The molecule has 1 aromatic carbocycles. The lowest BCUT2D eigenvalue weighted by atomic mass is 10.1. The molecule has 0 atom stereocenters. The Morgan fingerprint density at radius 2 is 1.89 bits per heavy atom. The van der Waals surface area contributed by atoms with Crippen LogP contribution < -0.4 is 10.9 Å². The molecule has 0 saturated carbocycles. The number of carbonyl (C=O) groups is 1. The predicted molar refractivity (Wildman–Crippen MR) is 101 cm³/mol. The van der Waals surface area contributed by atoms with Crippen LogP contribution in [-0.2, 0) is 11.3 Å². The van der Waals surface area contributed by atoms with E-state index >= 15 is 0 Å². The molecule has 1 N–H and O–H groups in total. The van der Waals surface area contributed by atoms with E-state index in [1.165, 1.54) is 4.68 Å². The molecule has 0 aliphatic rings. The van der Waals surface area contributed by atoms with Crippen molar-refractivity contribution in [1.29, 1.82) is 0 Å². The van der Waals surface area contributed by atoms with Crippen molar-refractivity contribution in [2.45, 2.75) is 13.5 Å². The molecule has 0 fully saturated rings. The molecule has 0 unspecified atom stereocenters. The van der Waals surface area contributed by atoms with Crippen molar-refractivity contribution >= 4 is 22.4 Å². The number of amides is 1. The molecular weight excluding hydrogens is 344 g/mol. The van der Waals surface area contributed by atoms with Crippen molar-refractivity contribution in [2.75, 3.05) is 5.32 Å². The third-order valence-corrected chi connectivity index (χ3v) is 4.13. The quantitative estimate of drug-likeness (QED) is 0.600. The molecule has 4 aromatic rings. The lowest BCUT2D eigenvalue weighted by Crippen LogP contribution is -2.30. The number of anilines is 1. The molecule has 3 aromatic heterocycles. The van der Waals surface area contributed by atoms with Gasteiger partial charge in [-0.25, -0.2) is 14.3 Å². The number of hydrogen-bond donors (Lipinski definition) is 1. The first-order valence-electron chi connectivity index (χ1n) is 8.35. The van der Waals surface area contributed by atoms with Crippen LogP contribution in [0.25, 0.3) is 16.6 Å². The van der Waals surface area contributed by atoms with Crippen molar-refractivity contribution in [3.05, 3.63) is 77.1 Å². The van der Waals surface area contributed by atoms with Crippen molar-refractivity contribution < 1.29 is 4.79 Å². The summed E-state index contributed by atoms with van der Waals surface area (Å²) in [5.74, 6) is 0.117. The Kier molecular flexibility index (Phi) is 4.21. The van der Waals surface area contributed by atoms with Gasteiger partial charge in [0.05, 0.1) is 16.8 Å². The van der Waals surface area contributed by atoms with E-state index in [1.807, 2.05) is 19.1 Å². The zero-order chi connectivity index (χ0) is 18.8. The summed E-state index contributed by atoms with van der Waals surface area (Å²) in [6.45, 7) is 1.62. The molecule has 0 radical (unpaired) electrons. The van der Waals surface area contributed by atoms with Crippen molar-refractivity contribution in [3.8, 4) is 5.82 Å². The van der Waals surface area contributed by atoms with Gasteiger partial charge in [0.25, 0.3) is 5.56 Å². The van der Waals surface area contributed by atoms with Gasteiger partial charge in [-0.15, -0.1) is 0 Å². The van der Waals surface area contributed by atoms with E-state index in [1.54, 1.807) is 53.6 Å². The molecule has 3 heterocycles. The van der Waals surface area contributed by atoms with E-state index in [2.05, 4.69) is 20.5 Å². The molecule has 4 rings (SSSR count). The molecule has 8 nitrogen and oxygen atoms in total. The van der Waals surface area contributed by atoms with Crippen LogP contribution in [0.2, 0.25) is 0 Å². The summed E-state index contributed by atoms with van der Waals surface area (Å²) in [4.78, 5) is 29.4. The molecular formula is C19H16N6O2.